The lowest BCUT2D eigenvalue weighted by molar-refractivity contribution is -0.0320. The van der Waals surface area contributed by atoms with Gasteiger partial charge < -0.3 is 24.2 Å². The molecule has 2 saturated heterocycles. The van der Waals surface area contributed by atoms with Crippen molar-refractivity contribution in [2.45, 2.75) is 31.1 Å². The third-order valence-electron chi connectivity index (χ3n) is 5.09. The molecule has 0 spiro atoms. The van der Waals surface area contributed by atoms with E-state index in [4.69, 9.17) is 14.0 Å². The van der Waals surface area contributed by atoms with Gasteiger partial charge in [-0.15, -0.1) is 0 Å². The van der Waals surface area contributed by atoms with Crippen LogP contribution in [-0.4, -0.2) is 94.4 Å². The second-order valence-electron chi connectivity index (χ2n) is 7.14. The summed E-state index contributed by atoms with van der Waals surface area (Å²) in [4.78, 5) is 6.42. The maximum absolute atomic E-state index is 12.5. The molecule has 0 radical (unpaired) electrons. The van der Waals surface area contributed by atoms with Crippen LogP contribution < -0.4 is 5.32 Å². The van der Waals surface area contributed by atoms with Crippen LogP contribution >= 0.6 is 0 Å². The zero-order chi connectivity index (χ0) is 20.5. The second-order valence-corrected chi connectivity index (χ2v) is 9.11. The Morgan fingerprint density at radius 2 is 2.07 bits per heavy atom. The first-order chi connectivity index (χ1) is 14.1. The highest BCUT2D eigenvalue weighted by Gasteiger charge is 2.28. The first-order valence-corrected chi connectivity index (χ1v) is 11.7. The Bertz CT molecular complexity index is 726. The maximum atomic E-state index is 12.5. The molecule has 3 rings (SSSR count). The number of guanidine groups is 1. The molecule has 0 unspecified atom stereocenters. The van der Waals surface area contributed by atoms with E-state index in [9.17, 15) is 8.42 Å². The van der Waals surface area contributed by atoms with E-state index in [-0.39, 0.29) is 5.75 Å². The van der Waals surface area contributed by atoms with Crippen LogP contribution in [0.5, 0.6) is 0 Å². The summed E-state index contributed by atoms with van der Waals surface area (Å²) in [6.45, 7) is 5.09. The molecule has 0 aromatic carbocycles. The highest BCUT2D eigenvalue weighted by molar-refractivity contribution is 7.88. The zero-order valence-electron chi connectivity index (χ0n) is 17.0. The Labute approximate surface area is 172 Å². The van der Waals surface area contributed by atoms with Crippen LogP contribution in [0.3, 0.4) is 0 Å². The molecular weight excluding hydrogens is 398 g/mol. The first-order valence-electron chi connectivity index (χ1n) is 10.1. The molecule has 10 nitrogen and oxygen atoms in total. The number of nitrogens with zero attached hydrogens (tertiary/aromatic N) is 4. The molecule has 0 bridgehead atoms. The number of hydrogen-bond donors (Lipinski definition) is 1. The van der Waals surface area contributed by atoms with E-state index in [2.05, 4.69) is 20.4 Å². The monoisotopic (exact) mass is 429 g/mol. The van der Waals surface area contributed by atoms with Gasteiger partial charge in [0, 0.05) is 65.7 Å². The predicted molar refractivity (Wildman–Crippen MR) is 108 cm³/mol. The van der Waals surface area contributed by atoms with Crippen LogP contribution in [0.15, 0.2) is 21.8 Å². The van der Waals surface area contributed by atoms with Gasteiger partial charge in [0.25, 0.3) is 0 Å². The average Bonchev–Trinajstić information content (AvgIpc) is 3.24. The third-order valence-corrected chi connectivity index (χ3v) is 6.90. The standard InChI is InChI=1S/C18H31N5O5S/c1-19-18(20-6-2-11-27-17-4-12-26-13-5-17)22-7-9-23(10-8-22)29(24,25)15-16-3-14-28-21-16/h3,14,17H,2,4-13,15H2,1H3,(H,19,20). The van der Waals surface area contributed by atoms with E-state index >= 15 is 0 Å². The summed E-state index contributed by atoms with van der Waals surface area (Å²) in [5, 5.41) is 7.04. The smallest absolute Gasteiger partial charge is 0.220 e. The van der Waals surface area contributed by atoms with Gasteiger partial charge in [-0.2, -0.15) is 4.31 Å². The SMILES string of the molecule is CN=C(NCCCOC1CCOCC1)N1CCN(S(=O)(=O)Cc2ccon2)CC1. The summed E-state index contributed by atoms with van der Waals surface area (Å²) < 4.78 is 42.5. The maximum Gasteiger partial charge on any atom is 0.220 e. The summed E-state index contributed by atoms with van der Waals surface area (Å²) in [5.74, 6) is 0.661. The topological polar surface area (TPSA) is 110 Å². The van der Waals surface area contributed by atoms with E-state index in [0.717, 1.165) is 45.0 Å². The number of hydrogen-bond acceptors (Lipinski definition) is 7. The normalized spacial score (nSPS) is 20.2. The van der Waals surface area contributed by atoms with Crippen LogP contribution in [-0.2, 0) is 25.2 Å². The minimum atomic E-state index is -3.40. The number of rotatable bonds is 8. The number of aromatic nitrogens is 1. The van der Waals surface area contributed by atoms with E-state index in [1.165, 1.54) is 10.6 Å². The molecule has 0 aliphatic carbocycles. The largest absolute Gasteiger partial charge is 0.381 e. The van der Waals surface area contributed by atoms with E-state index < -0.39 is 10.0 Å². The van der Waals surface area contributed by atoms with Gasteiger partial charge in [-0.25, -0.2) is 8.42 Å². The highest BCUT2D eigenvalue weighted by Crippen LogP contribution is 2.13. The van der Waals surface area contributed by atoms with E-state index in [1.807, 2.05) is 0 Å². The van der Waals surface area contributed by atoms with Gasteiger partial charge in [-0.3, -0.25) is 4.99 Å². The minimum Gasteiger partial charge on any atom is -0.381 e. The number of sulfonamides is 1. The van der Waals surface area contributed by atoms with Gasteiger partial charge in [0.05, 0.1) is 11.8 Å². The fourth-order valence-corrected chi connectivity index (χ4v) is 4.89. The highest BCUT2D eigenvalue weighted by atomic mass is 32.2. The van der Waals surface area contributed by atoms with Crippen molar-refractivity contribution in [2.75, 3.05) is 59.6 Å². The van der Waals surface area contributed by atoms with Crippen molar-refractivity contribution in [1.82, 2.24) is 19.7 Å². The van der Waals surface area contributed by atoms with Crippen molar-refractivity contribution < 1.29 is 22.4 Å². The van der Waals surface area contributed by atoms with Crippen LogP contribution in [0.25, 0.3) is 0 Å². The van der Waals surface area contributed by atoms with E-state index in [1.54, 1.807) is 13.1 Å². The summed E-state index contributed by atoms with van der Waals surface area (Å²) in [6.07, 6.45) is 4.53. The van der Waals surface area contributed by atoms with Gasteiger partial charge in [-0.1, -0.05) is 5.16 Å². The zero-order valence-corrected chi connectivity index (χ0v) is 17.8. The Morgan fingerprint density at radius 1 is 1.31 bits per heavy atom. The Kier molecular flexibility index (Phi) is 8.28. The van der Waals surface area contributed by atoms with Gasteiger partial charge in [-0.05, 0) is 19.3 Å². The van der Waals surface area contributed by atoms with Gasteiger partial charge >= 0.3 is 0 Å². The van der Waals surface area contributed by atoms with Crippen LogP contribution in [0, 0.1) is 0 Å². The molecule has 0 atom stereocenters. The molecule has 29 heavy (non-hydrogen) atoms. The van der Waals surface area contributed by atoms with Crippen molar-refractivity contribution in [3.05, 3.63) is 18.0 Å². The van der Waals surface area contributed by atoms with Crippen molar-refractivity contribution in [3.8, 4) is 0 Å². The van der Waals surface area contributed by atoms with Gasteiger partial charge in [0.2, 0.25) is 10.0 Å². The van der Waals surface area contributed by atoms with Crippen molar-refractivity contribution in [3.63, 3.8) is 0 Å². The lowest BCUT2D eigenvalue weighted by Gasteiger charge is -2.35. The molecule has 2 fully saturated rings. The van der Waals surface area contributed by atoms with Crippen LogP contribution in [0.4, 0.5) is 0 Å². The molecule has 3 heterocycles. The second kappa shape index (κ2) is 10.9. The molecule has 0 saturated carbocycles. The fourth-order valence-electron chi connectivity index (χ4n) is 3.47. The van der Waals surface area contributed by atoms with Crippen LogP contribution in [0.1, 0.15) is 25.0 Å². The van der Waals surface area contributed by atoms with Gasteiger partial charge in [0.15, 0.2) is 5.96 Å². The first kappa shape index (κ1) is 22.0. The van der Waals surface area contributed by atoms with Crippen molar-refractivity contribution in [2.24, 2.45) is 4.99 Å². The van der Waals surface area contributed by atoms with Gasteiger partial charge in [0.1, 0.15) is 12.0 Å². The third kappa shape index (κ3) is 6.66. The number of ether oxygens (including phenoxy) is 2. The lowest BCUT2D eigenvalue weighted by atomic mass is 10.1. The molecule has 2 aliphatic rings. The molecule has 164 valence electrons. The number of piperazine rings is 1. The molecule has 11 heteroatoms. The predicted octanol–water partition coefficient (Wildman–Crippen LogP) is 0.283. The molecule has 0 amide bonds. The number of aliphatic imine (C=N–C) groups is 1. The molecular formula is C18H31N5O5S. The van der Waals surface area contributed by atoms with E-state index in [0.29, 0.717) is 44.6 Å². The molecule has 1 aromatic heterocycles. The molecule has 1 aromatic rings. The van der Waals surface area contributed by atoms with Crippen molar-refractivity contribution in [1.29, 1.82) is 0 Å². The van der Waals surface area contributed by atoms with Crippen molar-refractivity contribution >= 4 is 16.0 Å². The fraction of sp³-hybridized carbons (Fsp3) is 0.778. The molecule has 2 aliphatic heterocycles. The summed E-state index contributed by atoms with van der Waals surface area (Å²) in [7, 11) is -1.65. The summed E-state index contributed by atoms with van der Waals surface area (Å²) in [5.41, 5.74) is 0.424. The average molecular weight is 430 g/mol. The molecule has 1 N–H and O–H groups in total. The lowest BCUT2D eigenvalue weighted by Crippen LogP contribution is -2.54. The quantitative estimate of drug-likeness (QED) is 0.357. The Hall–Kier alpha value is -1.69. The summed E-state index contributed by atoms with van der Waals surface area (Å²) in [6, 6.07) is 1.57. The number of nitrogens with one attached hydrogen (secondary N) is 1. The summed E-state index contributed by atoms with van der Waals surface area (Å²) >= 11 is 0. The Morgan fingerprint density at radius 3 is 2.72 bits per heavy atom. The van der Waals surface area contributed by atoms with Crippen LogP contribution in [0.2, 0.25) is 0 Å². The minimum absolute atomic E-state index is 0.135. The Balaban J connectivity index is 1.36.